The molecule has 0 atom stereocenters. The van der Waals surface area contributed by atoms with Crippen LogP contribution >= 0.6 is 11.8 Å². The third-order valence-corrected chi connectivity index (χ3v) is 3.63. The Bertz CT molecular complexity index is 560. The van der Waals surface area contributed by atoms with E-state index in [0.29, 0.717) is 12.3 Å². The lowest BCUT2D eigenvalue weighted by atomic mass is 10.3. The predicted octanol–water partition coefficient (Wildman–Crippen LogP) is 3.11. The molecule has 0 saturated carbocycles. The van der Waals surface area contributed by atoms with Gasteiger partial charge in [0.2, 0.25) is 0 Å². The number of carbonyl (C=O) groups excluding carboxylic acids is 1. The minimum atomic E-state index is -0.329. The summed E-state index contributed by atoms with van der Waals surface area (Å²) in [5.74, 6) is 0.759. The van der Waals surface area contributed by atoms with Crippen LogP contribution in [0.25, 0.3) is 0 Å². The van der Waals surface area contributed by atoms with Crippen molar-refractivity contribution in [1.82, 2.24) is 5.32 Å². The number of hydrogen-bond acceptors (Lipinski definition) is 3. The minimum absolute atomic E-state index is 0.0678. The van der Waals surface area contributed by atoms with Crippen molar-refractivity contribution >= 4 is 17.7 Å². The fourth-order valence-electron chi connectivity index (χ4n) is 1.61. The van der Waals surface area contributed by atoms with E-state index in [1.54, 1.807) is 11.8 Å². The van der Waals surface area contributed by atoms with Gasteiger partial charge in [-0.15, -0.1) is 11.8 Å². The number of hydrogen-bond donors (Lipinski definition) is 1. The molecule has 1 amide bonds. The standard InChI is InChI=1S/C16H16FNO2S/c17-13-6-8-14(9-7-13)20-12-16(19)18-10-11-21-15-4-2-1-3-5-15/h1-9H,10-12H2,(H,18,19). The summed E-state index contributed by atoms with van der Waals surface area (Å²) in [4.78, 5) is 12.8. The Morgan fingerprint density at radius 3 is 2.52 bits per heavy atom. The summed E-state index contributed by atoms with van der Waals surface area (Å²) in [6.45, 7) is 0.507. The van der Waals surface area contributed by atoms with E-state index in [9.17, 15) is 9.18 Å². The van der Waals surface area contributed by atoms with Crippen LogP contribution < -0.4 is 10.1 Å². The predicted molar refractivity (Wildman–Crippen MR) is 82.1 cm³/mol. The molecule has 2 aromatic carbocycles. The Hall–Kier alpha value is -2.01. The smallest absolute Gasteiger partial charge is 0.257 e. The van der Waals surface area contributed by atoms with Gasteiger partial charge in [-0.3, -0.25) is 4.79 Å². The first-order valence-corrected chi connectivity index (χ1v) is 7.55. The molecule has 0 saturated heterocycles. The van der Waals surface area contributed by atoms with E-state index in [4.69, 9.17) is 4.74 Å². The molecule has 0 heterocycles. The molecular formula is C16H16FNO2S. The maximum Gasteiger partial charge on any atom is 0.257 e. The fraction of sp³-hybridized carbons (Fsp3) is 0.188. The third-order valence-electron chi connectivity index (χ3n) is 2.62. The normalized spacial score (nSPS) is 10.1. The van der Waals surface area contributed by atoms with Gasteiger partial charge in [-0.1, -0.05) is 18.2 Å². The van der Waals surface area contributed by atoms with Crippen molar-refractivity contribution in [3.05, 3.63) is 60.4 Å². The molecule has 0 aliphatic rings. The Balaban J connectivity index is 1.60. The van der Waals surface area contributed by atoms with E-state index in [-0.39, 0.29) is 18.3 Å². The highest BCUT2D eigenvalue weighted by atomic mass is 32.2. The molecule has 21 heavy (non-hydrogen) atoms. The summed E-state index contributed by atoms with van der Waals surface area (Å²) in [5.41, 5.74) is 0. The van der Waals surface area contributed by atoms with Crippen LogP contribution in [0.4, 0.5) is 4.39 Å². The van der Waals surface area contributed by atoms with Gasteiger partial charge in [0.25, 0.3) is 5.91 Å². The highest BCUT2D eigenvalue weighted by Crippen LogP contribution is 2.15. The molecule has 2 rings (SSSR count). The zero-order valence-electron chi connectivity index (χ0n) is 11.4. The largest absolute Gasteiger partial charge is 0.484 e. The first kappa shape index (κ1) is 15.4. The zero-order valence-corrected chi connectivity index (χ0v) is 12.2. The van der Waals surface area contributed by atoms with Crippen LogP contribution in [0.1, 0.15) is 0 Å². The first-order chi connectivity index (χ1) is 10.2. The van der Waals surface area contributed by atoms with E-state index in [1.807, 2.05) is 30.3 Å². The zero-order chi connectivity index (χ0) is 14.9. The Kier molecular flexibility index (Phi) is 6.09. The van der Waals surface area contributed by atoms with E-state index < -0.39 is 0 Å². The molecule has 2 aromatic rings. The first-order valence-electron chi connectivity index (χ1n) is 6.57. The molecule has 3 nitrogen and oxygen atoms in total. The lowest BCUT2D eigenvalue weighted by Gasteiger charge is -2.07. The van der Waals surface area contributed by atoms with E-state index >= 15 is 0 Å². The third kappa shape index (κ3) is 5.87. The monoisotopic (exact) mass is 305 g/mol. The van der Waals surface area contributed by atoms with E-state index in [0.717, 1.165) is 5.75 Å². The number of thioether (sulfide) groups is 1. The molecular weight excluding hydrogens is 289 g/mol. The lowest BCUT2D eigenvalue weighted by molar-refractivity contribution is -0.122. The van der Waals surface area contributed by atoms with Gasteiger partial charge in [0.05, 0.1) is 0 Å². The number of halogens is 1. The Morgan fingerprint density at radius 2 is 1.81 bits per heavy atom. The lowest BCUT2D eigenvalue weighted by Crippen LogP contribution is -2.30. The molecule has 0 aliphatic carbocycles. The van der Waals surface area contributed by atoms with Crippen LogP contribution in [0, 0.1) is 5.82 Å². The van der Waals surface area contributed by atoms with Crippen LogP contribution in [-0.2, 0) is 4.79 Å². The molecule has 0 fully saturated rings. The molecule has 0 aromatic heterocycles. The van der Waals surface area contributed by atoms with Crippen molar-refractivity contribution in [3.8, 4) is 5.75 Å². The van der Waals surface area contributed by atoms with Gasteiger partial charge in [0.1, 0.15) is 11.6 Å². The summed E-state index contributed by atoms with van der Waals surface area (Å²) in [7, 11) is 0. The van der Waals surface area contributed by atoms with Crippen LogP contribution in [0.2, 0.25) is 0 Å². The van der Waals surface area contributed by atoms with Gasteiger partial charge in [0, 0.05) is 17.2 Å². The summed E-state index contributed by atoms with van der Waals surface area (Å²) >= 11 is 1.68. The van der Waals surface area contributed by atoms with Crippen LogP contribution in [0.5, 0.6) is 5.75 Å². The summed E-state index contributed by atoms with van der Waals surface area (Å²) in [6, 6.07) is 15.6. The molecule has 0 bridgehead atoms. The maximum atomic E-state index is 12.7. The van der Waals surface area contributed by atoms with Crippen molar-refractivity contribution < 1.29 is 13.9 Å². The van der Waals surface area contributed by atoms with E-state index in [2.05, 4.69) is 5.32 Å². The summed E-state index contributed by atoms with van der Waals surface area (Å²) in [5, 5.41) is 2.78. The molecule has 1 N–H and O–H groups in total. The van der Waals surface area contributed by atoms with Gasteiger partial charge in [-0.2, -0.15) is 0 Å². The van der Waals surface area contributed by atoms with E-state index in [1.165, 1.54) is 29.2 Å². The fourth-order valence-corrected chi connectivity index (χ4v) is 2.40. The van der Waals surface area contributed by atoms with Crippen LogP contribution in [-0.4, -0.2) is 24.8 Å². The van der Waals surface area contributed by atoms with Crippen molar-refractivity contribution in [2.24, 2.45) is 0 Å². The van der Waals surface area contributed by atoms with Gasteiger partial charge in [-0.05, 0) is 36.4 Å². The number of rotatable bonds is 7. The van der Waals surface area contributed by atoms with Crippen molar-refractivity contribution in [3.63, 3.8) is 0 Å². The molecule has 0 spiro atoms. The highest BCUT2D eigenvalue weighted by molar-refractivity contribution is 7.99. The maximum absolute atomic E-state index is 12.7. The number of benzene rings is 2. The number of nitrogens with one attached hydrogen (secondary N) is 1. The second-order valence-electron chi connectivity index (χ2n) is 4.25. The second-order valence-corrected chi connectivity index (χ2v) is 5.42. The number of ether oxygens (including phenoxy) is 1. The second kappa shape index (κ2) is 8.32. The van der Waals surface area contributed by atoms with Gasteiger partial charge >= 0.3 is 0 Å². The highest BCUT2D eigenvalue weighted by Gasteiger charge is 2.02. The minimum Gasteiger partial charge on any atom is -0.484 e. The van der Waals surface area contributed by atoms with Crippen molar-refractivity contribution in [2.75, 3.05) is 18.9 Å². The van der Waals surface area contributed by atoms with Crippen LogP contribution in [0.15, 0.2) is 59.5 Å². The molecule has 0 radical (unpaired) electrons. The van der Waals surface area contributed by atoms with Gasteiger partial charge in [-0.25, -0.2) is 4.39 Å². The average Bonchev–Trinajstić information content (AvgIpc) is 2.52. The Labute approximate surface area is 127 Å². The van der Waals surface area contributed by atoms with Crippen LogP contribution in [0.3, 0.4) is 0 Å². The number of amides is 1. The molecule has 0 aliphatic heterocycles. The SMILES string of the molecule is O=C(COc1ccc(F)cc1)NCCSc1ccccc1. The average molecular weight is 305 g/mol. The Morgan fingerprint density at radius 1 is 1.10 bits per heavy atom. The molecule has 5 heteroatoms. The van der Waals surface area contributed by atoms with Crippen molar-refractivity contribution in [2.45, 2.75) is 4.90 Å². The molecule has 0 unspecified atom stereocenters. The van der Waals surface area contributed by atoms with Gasteiger partial charge in [0.15, 0.2) is 6.61 Å². The topological polar surface area (TPSA) is 38.3 Å². The quantitative estimate of drug-likeness (QED) is 0.631. The summed E-state index contributed by atoms with van der Waals surface area (Å²) in [6.07, 6.45) is 0. The summed E-state index contributed by atoms with van der Waals surface area (Å²) < 4.78 is 17.9. The number of carbonyl (C=O) groups is 1. The van der Waals surface area contributed by atoms with Crippen molar-refractivity contribution in [1.29, 1.82) is 0 Å². The van der Waals surface area contributed by atoms with Gasteiger partial charge < -0.3 is 10.1 Å². The molecule has 110 valence electrons.